The molecule has 6 heteroatoms. The lowest BCUT2D eigenvalue weighted by Crippen LogP contribution is -2.38. The van der Waals surface area contributed by atoms with Gasteiger partial charge in [-0.15, -0.1) is 0 Å². The highest BCUT2D eigenvalue weighted by Gasteiger charge is 2.28. The van der Waals surface area contributed by atoms with E-state index >= 15 is 0 Å². The van der Waals surface area contributed by atoms with Crippen molar-refractivity contribution in [2.24, 2.45) is 0 Å². The third-order valence-electron chi connectivity index (χ3n) is 5.30. The van der Waals surface area contributed by atoms with Gasteiger partial charge in [-0.3, -0.25) is 9.10 Å². The Bertz CT molecular complexity index is 1380. The average Bonchev–Trinajstić information content (AvgIpc) is 2.79. The highest BCUT2D eigenvalue weighted by atomic mass is 32.2. The van der Waals surface area contributed by atoms with Crippen molar-refractivity contribution in [2.45, 2.75) is 18.7 Å². The third-order valence-corrected chi connectivity index (χ3v) is 7.08. The highest BCUT2D eigenvalue weighted by molar-refractivity contribution is 7.92. The van der Waals surface area contributed by atoms with Crippen molar-refractivity contribution in [3.05, 3.63) is 102 Å². The van der Waals surface area contributed by atoms with E-state index < -0.39 is 15.9 Å². The van der Waals surface area contributed by atoms with Gasteiger partial charge in [-0.2, -0.15) is 0 Å². The number of hydrogen-bond acceptors (Lipinski definition) is 3. The standard InChI is InChI=1S/C26H24N2O3S/c1-19-15-16-25(20(2)17-19)28(32(30,31)22-11-4-3-5-12-22)18-26(29)27-24-14-8-10-21-9-6-7-13-23(21)24/h3-17H,18H2,1-2H3,(H,27,29). The van der Waals surface area contributed by atoms with Gasteiger partial charge in [0.05, 0.1) is 10.6 Å². The van der Waals surface area contributed by atoms with Gasteiger partial charge < -0.3 is 5.32 Å². The maximum atomic E-state index is 13.5. The molecule has 0 aromatic heterocycles. The topological polar surface area (TPSA) is 66.5 Å². The Morgan fingerprint density at radius 3 is 2.28 bits per heavy atom. The molecule has 0 heterocycles. The fourth-order valence-electron chi connectivity index (χ4n) is 3.76. The van der Waals surface area contributed by atoms with Crippen LogP contribution in [0.2, 0.25) is 0 Å². The van der Waals surface area contributed by atoms with Crippen LogP contribution in [0, 0.1) is 13.8 Å². The van der Waals surface area contributed by atoms with Crippen LogP contribution in [0.1, 0.15) is 11.1 Å². The van der Waals surface area contributed by atoms with Crippen LogP contribution in [-0.4, -0.2) is 20.9 Å². The highest BCUT2D eigenvalue weighted by Crippen LogP contribution is 2.28. The maximum Gasteiger partial charge on any atom is 0.264 e. The summed E-state index contributed by atoms with van der Waals surface area (Å²) >= 11 is 0. The van der Waals surface area contributed by atoms with Crippen molar-refractivity contribution < 1.29 is 13.2 Å². The van der Waals surface area contributed by atoms with E-state index in [2.05, 4.69) is 5.32 Å². The lowest BCUT2D eigenvalue weighted by molar-refractivity contribution is -0.114. The van der Waals surface area contributed by atoms with E-state index in [1.807, 2.05) is 68.4 Å². The van der Waals surface area contributed by atoms with Gasteiger partial charge in [-0.1, -0.05) is 72.3 Å². The number of amides is 1. The Hall–Kier alpha value is -3.64. The Morgan fingerprint density at radius 1 is 0.844 bits per heavy atom. The van der Waals surface area contributed by atoms with Gasteiger partial charge in [0.25, 0.3) is 10.0 Å². The zero-order valence-electron chi connectivity index (χ0n) is 17.9. The minimum atomic E-state index is -3.95. The molecule has 0 spiro atoms. The quantitative estimate of drug-likeness (QED) is 0.439. The van der Waals surface area contributed by atoms with E-state index in [0.29, 0.717) is 11.4 Å². The zero-order valence-corrected chi connectivity index (χ0v) is 18.8. The fourth-order valence-corrected chi connectivity index (χ4v) is 5.27. The number of sulfonamides is 1. The molecule has 0 saturated carbocycles. The number of rotatable bonds is 6. The first kappa shape index (κ1) is 21.6. The molecule has 32 heavy (non-hydrogen) atoms. The first-order valence-corrected chi connectivity index (χ1v) is 11.7. The molecule has 4 rings (SSSR count). The average molecular weight is 445 g/mol. The van der Waals surface area contributed by atoms with Crippen molar-refractivity contribution in [3.63, 3.8) is 0 Å². The van der Waals surface area contributed by atoms with Gasteiger partial charge in [0.2, 0.25) is 5.91 Å². The maximum absolute atomic E-state index is 13.5. The van der Waals surface area contributed by atoms with Crippen molar-refractivity contribution >= 4 is 38.1 Å². The van der Waals surface area contributed by atoms with Gasteiger partial charge in [0.15, 0.2) is 0 Å². The Balaban J connectivity index is 1.71. The van der Waals surface area contributed by atoms with Crippen LogP contribution < -0.4 is 9.62 Å². The van der Waals surface area contributed by atoms with Crippen molar-refractivity contribution in [2.75, 3.05) is 16.2 Å². The monoisotopic (exact) mass is 444 g/mol. The van der Waals surface area contributed by atoms with Crippen molar-refractivity contribution in [3.8, 4) is 0 Å². The van der Waals surface area contributed by atoms with E-state index in [9.17, 15) is 13.2 Å². The molecule has 0 saturated heterocycles. The van der Waals surface area contributed by atoms with Gasteiger partial charge in [-0.05, 0) is 49.1 Å². The summed E-state index contributed by atoms with van der Waals surface area (Å²) in [6.45, 7) is 3.45. The van der Waals surface area contributed by atoms with E-state index in [1.54, 1.807) is 24.3 Å². The molecular weight excluding hydrogens is 420 g/mol. The van der Waals surface area contributed by atoms with Gasteiger partial charge in [-0.25, -0.2) is 8.42 Å². The number of fused-ring (bicyclic) bond motifs is 1. The van der Waals surface area contributed by atoms with Crippen LogP contribution in [0.3, 0.4) is 0 Å². The van der Waals surface area contributed by atoms with Crippen LogP contribution in [0.25, 0.3) is 10.8 Å². The van der Waals surface area contributed by atoms with E-state index in [-0.39, 0.29) is 11.4 Å². The zero-order chi connectivity index (χ0) is 22.7. The summed E-state index contributed by atoms with van der Waals surface area (Å²) in [7, 11) is -3.95. The molecule has 0 fully saturated rings. The van der Waals surface area contributed by atoms with E-state index in [1.165, 1.54) is 16.4 Å². The predicted octanol–water partition coefficient (Wildman–Crippen LogP) is 5.29. The first-order chi connectivity index (χ1) is 15.4. The molecule has 5 nitrogen and oxygen atoms in total. The molecule has 0 aliphatic carbocycles. The summed E-state index contributed by atoms with van der Waals surface area (Å²) in [6, 6.07) is 27.0. The van der Waals surface area contributed by atoms with Gasteiger partial charge in [0, 0.05) is 11.1 Å². The second kappa shape index (κ2) is 8.85. The number of anilines is 2. The molecule has 0 bridgehead atoms. The minimum Gasteiger partial charge on any atom is -0.324 e. The lowest BCUT2D eigenvalue weighted by Gasteiger charge is -2.26. The largest absolute Gasteiger partial charge is 0.324 e. The molecule has 1 N–H and O–H groups in total. The lowest BCUT2D eigenvalue weighted by atomic mass is 10.1. The molecule has 0 unspecified atom stereocenters. The molecule has 0 aliphatic rings. The number of nitrogens with one attached hydrogen (secondary N) is 1. The number of nitrogens with zero attached hydrogens (tertiary/aromatic N) is 1. The Kier molecular flexibility index (Phi) is 5.97. The second-order valence-corrected chi connectivity index (χ2v) is 9.55. The smallest absolute Gasteiger partial charge is 0.264 e. The fraction of sp³-hybridized carbons (Fsp3) is 0.115. The summed E-state index contributed by atoms with van der Waals surface area (Å²) in [4.78, 5) is 13.2. The number of hydrogen-bond donors (Lipinski definition) is 1. The van der Waals surface area contributed by atoms with Crippen molar-refractivity contribution in [1.29, 1.82) is 0 Å². The normalized spacial score (nSPS) is 11.3. The van der Waals surface area contributed by atoms with Crippen LogP contribution >= 0.6 is 0 Å². The first-order valence-electron chi connectivity index (χ1n) is 10.3. The van der Waals surface area contributed by atoms with E-state index in [0.717, 1.165) is 21.9 Å². The molecule has 0 radical (unpaired) electrons. The molecule has 162 valence electrons. The summed E-state index contributed by atoms with van der Waals surface area (Å²) < 4.78 is 28.2. The molecular formula is C26H24N2O3S. The summed E-state index contributed by atoms with van der Waals surface area (Å²) in [5, 5.41) is 4.78. The molecule has 4 aromatic carbocycles. The number of benzene rings is 4. The molecule has 1 amide bonds. The summed E-state index contributed by atoms with van der Waals surface area (Å²) in [5.74, 6) is -0.416. The predicted molar refractivity (Wildman–Crippen MR) is 129 cm³/mol. The summed E-state index contributed by atoms with van der Waals surface area (Å²) in [5.41, 5.74) is 2.92. The summed E-state index contributed by atoms with van der Waals surface area (Å²) in [6.07, 6.45) is 0. The third kappa shape index (κ3) is 4.36. The molecule has 0 aliphatic heterocycles. The minimum absolute atomic E-state index is 0.137. The molecule has 0 atom stereocenters. The number of aryl methyl sites for hydroxylation is 2. The van der Waals surface area contributed by atoms with Crippen LogP contribution in [0.15, 0.2) is 95.9 Å². The van der Waals surface area contributed by atoms with Crippen molar-refractivity contribution in [1.82, 2.24) is 0 Å². The van der Waals surface area contributed by atoms with Crippen LogP contribution in [0.4, 0.5) is 11.4 Å². The van der Waals surface area contributed by atoms with E-state index in [4.69, 9.17) is 0 Å². The Morgan fingerprint density at radius 2 is 1.53 bits per heavy atom. The number of carbonyl (C=O) groups excluding carboxylic acids is 1. The van der Waals surface area contributed by atoms with Crippen LogP contribution in [-0.2, 0) is 14.8 Å². The van der Waals surface area contributed by atoms with Gasteiger partial charge in [0.1, 0.15) is 6.54 Å². The second-order valence-electron chi connectivity index (χ2n) is 7.69. The SMILES string of the molecule is Cc1ccc(N(CC(=O)Nc2cccc3ccccc23)S(=O)(=O)c2ccccc2)c(C)c1. The van der Waals surface area contributed by atoms with Gasteiger partial charge >= 0.3 is 0 Å². The molecule has 4 aromatic rings. The Labute approximate surface area is 188 Å². The number of carbonyl (C=O) groups is 1. The van der Waals surface area contributed by atoms with Crippen LogP contribution in [0.5, 0.6) is 0 Å².